The van der Waals surface area contributed by atoms with Crippen LogP contribution in [0, 0.1) is 0 Å². The van der Waals surface area contributed by atoms with E-state index in [2.05, 4.69) is 28.0 Å². The number of urea groups is 1. The molecule has 156 valence electrons. The van der Waals surface area contributed by atoms with Crippen LogP contribution in [-0.2, 0) is 6.54 Å². The van der Waals surface area contributed by atoms with E-state index in [4.69, 9.17) is 0 Å². The highest BCUT2D eigenvalue weighted by Crippen LogP contribution is 2.18. The molecule has 30 heavy (non-hydrogen) atoms. The first-order chi connectivity index (χ1) is 14.5. The number of nitrogens with one attached hydrogen (secondary N) is 3. The van der Waals surface area contributed by atoms with Gasteiger partial charge >= 0.3 is 6.03 Å². The van der Waals surface area contributed by atoms with Gasteiger partial charge in [-0.15, -0.1) is 0 Å². The second-order valence-corrected chi connectivity index (χ2v) is 6.87. The molecular formula is C22H25N5O3. The Morgan fingerprint density at radius 2 is 1.57 bits per heavy atom. The number of amides is 3. The number of aromatic nitrogens is 2. The lowest BCUT2D eigenvalue weighted by Gasteiger charge is -2.12. The summed E-state index contributed by atoms with van der Waals surface area (Å²) in [4.78, 5) is 37.1. The number of benzene rings is 2. The zero-order valence-corrected chi connectivity index (χ0v) is 17.1. The van der Waals surface area contributed by atoms with Crippen LogP contribution in [-0.4, -0.2) is 28.8 Å². The molecular weight excluding hydrogens is 382 g/mol. The number of anilines is 2. The van der Waals surface area contributed by atoms with E-state index in [0.717, 1.165) is 19.3 Å². The number of nitrogens with zero attached hydrogens (tertiary/aromatic N) is 2. The summed E-state index contributed by atoms with van der Waals surface area (Å²) in [5.74, 6) is -0.401. The first kappa shape index (κ1) is 21.0. The number of hydrogen-bond donors (Lipinski definition) is 3. The lowest BCUT2D eigenvalue weighted by molar-refractivity contribution is 0.102. The van der Waals surface area contributed by atoms with Crippen molar-refractivity contribution in [3.8, 4) is 0 Å². The summed E-state index contributed by atoms with van der Waals surface area (Å²) in [6.45, 7) is 2.56. The van der Waals surface area contributed by atoms with Crippen LogP contribution < -0.4 is 21.5 Å². The molecule has 3 aromatic rings. The van der Waals surface area contributed by atoms with Crippen molar-refractivity contribution in [3.05, 3.63) is 64.6 Å². The van der Waals surface area contributed by atoms with Gasteiger partial charge in [0.1, 0.15) is 0 Å². The molecule has 2 aromatic carbocycles. The van der Waals surface area contributed by atoms with Crippen LogP contribution in [0.1, 0.15) is 36.7 Å². The number of rotatable bonds is 7. The quantitative estimate of drug-likeness (QED) is 0.521. The van der Waals surface area contributed by atoms with Gasteiger partial charge in [0.25, 0.3) is 11.5 Å². The summed E-state index contributed by atoms with van der Waals surface area (Å²) in [7, 11) is 1.53. The molecule has 0 aliphatic carbocycles. The number of aryl methyl sites for hydroxylation is 1. The number of hydrogen-bond acceptors (Lipinski definition) is 4. The van der Waals surface area contributed by atoms with Crippen molar-refractivity contribution in [2.75, 3.05) is 17.7 Å². The largest absolute Gasteiger partial charge is 0.341 e. The summed E-state index contributed by atoms with van der Waals surface area (Å²) in [6.07, 6.45) is 2.84. The van der Waals surface area contributed by atoms with Gasteiger partial charge in [0.05, 0.1) is 5.39 Å². The van der Waals surface area contributed by atoms with Gasteiger partial charge in [-0.25, -0.2) is 9.48 Å². The Morgan fingerprint density at radius 1 is 0.933 bits per heavy atom. The summed E-state index contributed by atoms with van der Waals surface area (Å²) in [6, 6.07) is 13.4. The van der Waals surface area contributed by atoms with Gasteiger partial charge in [0.15, 0.2) is 5.69 Å². The Labute approximate surface area is 174 Å². The second-order valence-electron chi connectivity index (χ2n) is 6.87. The third-order valence-electron chi connectivity index (χ3n) is 4.68. The van der Waals surface area contributed by atoms with Crippen LogP contribution in [0.25, 0.3) is 10.8 Å². The first-order valence-electron chi connectivity index (χ1n) is 9.93. The number of fused-ring (bicyclic) bond motifs is 1. The maximum atomic E-state index is 13.0. The van der Waals surface area contributed by atoms with Crippen LogP contribution in [0.3, 0.4) is 0 Å². The van der Waals surface area contributed by atoms with Gasteiger partial charge in [0.2, 0.25) is 0 Å². The molecule has 3 rings (SSSR count). The number of carbonyl (C=O) groups is 2. The average Bonchev–Trinajstić information content (AvgIpc) is 2.76. The summed E-state index contributed by atoms with van der Waals surface area (Å²) >= 11 is 0. The van der Waals surface area contributed by atoms with E-state index in [1.807, 2.05) is 0 Å². The van der Waals surface area contributed by atoms with Crippen molar-refractivity contribution >= 4 is 34.1 Å². The van der Waals surface area contributed by atoms with Crippen molar-refractivity contribution in [3.63, 3.8) is 0 Å². The van der Waals surface area contributed by atoms with Crippen molar-refractivity contribution in [2.24, 2.45) is 0 Å². The number of carbonyl (C=O) groups excluding carboxylic acids is 2. The molecule has 0 saturated carbocycles. The molecule has 0 bridgehead atoms. The fraction of sp³-hybridized carbons (Fsp3) is 0.273. The average molecular weight is 407 g/mol. The molecule has 3 N–H and O–H groups in total. The molecule has 8 heteroatoms. The van der Waals surface area contributed by atoms with E-state index in [0.29, 0.717) is 28.7 Å². The Bertz CT molecular complexity index is 1110. The maximum absolute atomic E-state index is 13.0. The summed E-state index contributed by atoms with van der Waals surface area (Å²) in [5.41, 5.74) is 1.16. The van der Waals surface area contributed by atoms with E-state index in [9.17, 15) is 14.4 Å². The van der Waals surface area contributed by atoms with Gasteiger partial charge in [0, 0.05) is 30.4 Å². The second kappa shape index (κ2) is 9.69. The Balaban J connectivity index is 1.87. The molecule has 1 aromatic heterocycles. The van der Waals surface area contributed by atoms with Gasteiger partial charge in [-0.1, -0.05) is 38.0 Å². The monoisotopic (exact) mass is 407 g/mol. The van der Waals surface area contributed by atoms with Gasteiger partial charge in [-0.2, -0.15) is 5.10 Å². The molecule has 8 nitrogen and oxygen atoms in total. The molecule has 1 heterocycles. The van der Waals surface area contributed by atoms with Crippen molar-refractivity contribution in [1.29, 1.82) is 0 Å². The summed E-state index contributed by atoms with van der Waals surface area (Å²) in [5, 5.41) is 13.3. The van der Waals surface area contributed by atoms with Crippen LogP contribution >= 0.6 is 0 Å². The normalized spacial score (nSPS) is 10.6. The maximum Gasteiger partial charge on any atom is 0.318 e. The van der Waals surface area contributed by atoms with E-state index < -0.39 is 5.91 Å². The third-order valence-corrected chi connectivity index (χ3v) is 4.68. The predicted octanol–water partition coefficient (Wildman–Crippen LogP) is 3.59. The Kier molecular flexibility index (Phi) is 6.79. The molecule has 0 aliphatic rings. The third kappa shape index (κ3) is 4.83. The first-order valence-corrected chi connectivity index (χ1v) is 9.93. The topological polar surface area (TPSA) is 105 Å². The Hall–Kier alpha value is -3.68. The fourth-order valence-corrected chi connectivity index (χ4v) is 3.09. The standard InChI is InChI=1S/C22H25N5O3/c1-3-4-7-14-27-21(29)18-9-6-5-8-17(18)19(26-27)20(28)24-15-10-12-16(13-11-15)25-22(30)23-2/h5-6,8-13H,3-4,7,14H2,1-2H3,(H,24,28)(H2,23,25,30). The van der Waals surface area contributed by atoms with Crippen LogP contribution in [0.4, 0.5) is 16.2 Å². The molecule has 0 radical (unpaired) electrons. The minimum Gasteiger partial charge on any atom is -0.341 e. The Morgan fingerprint density at radius 3 is 2.20 bits per heavy atom. The van der Waals surface area contributed by atoms with Gasteiger partial charge in [-0.3, -0.25) is 9.59 Å². The van der Waals surface area contributed by atoms with Crippen LogP contribution in [0.15, 0.2) is 53.3 Å². The zero-order valence-electron chi connectivity index (χ0n) is 17.1. The summed E-state index contributed by atoms with van der Waals surface area (Å²) < 4.78 is 1.38. The minimum atomic E-state index is -0.401. The molecule has 3 amide bonds. The lowest BCUT2D eigenvalue weighted by Crippen LogP contribution is -2.27. The zero-order chi connectivity index (χ0) is 21.5. The predicted molar refractivity (Wildman–Crippen MR) is 118 cm³/mol. The molecule has 0 atom stereocenters. The SMILES string of the molecule is CCCCCn1nc(C(=O)Nc2ccc(NC(=O)NC)cc2)c2ccccc2c1=O. The fourth-order valence-electron chi connectivity index (χ4n) is 3.09. The minimum absolute atomic E-state index is 0.192. The molecule has 0 spiro atoms. The molecule has 0 unspecified atom stereocenters. The van der Waals surface area contributed by atoms with Crippen molar-refractivity contribution in [1.82, 2.24) is 15.1 Å². The van der Waals surface area contributed by atoms with E-state index >= 15 is 0 Å². The van der Waals surface area contributed by atoms with E-state index in [1.165, 1.54) is 11.7 Å². The van der Waals surface area contributed by atoms with Crippen LogP contribution in [0.5, 0.6) is 0 Å². The van der Waals surface area contributed by atoms with E-state index in [-0.39, 0.29) is 17.3 Å². The highest BCUT2D eigenvalue weighted by Gasteiger charge is 2.17. The van der Waals surface area contributed by atoms with Gasteiger partial charge < -0.3 is 16.0 Å². The highest BCUT2D eigenvalue weighted by molar-refractivity contribution is 6.11. The molecule has 0 aliphatic heterocycles. The van der Waals surface area contributed by atoms with Crippen LogP contribution in [0.2, 0.25) is 0 Å². The van der Waals surface area contributed by atoms with Crippen molar-refractivity contribution < 1.29 is 9.59 Å². The smallest absolute Gasteiger partial charge is 0.318 e. The van der Waals surface area contributed by atoms with Crippen molar-refractivity contribution in [2.45, 2.75) is 32.7 Å². The van der Waals surface area contributed by atoms with Gasteiger partial charge in [-0.05, 0) is 36.8 Å². The van der Waals surface area contributed by atoms with E-state index in [1.54, 1.807) is 48.5 Å². The highest BCUT2D eigenvalue weighted by atomic mass is 16.2. The number of unbranched alkanes of at least 4 members (excludes halogenated alkanes) is 2. The molecule has 0 fully saturated rings. The lowest BCUT2D eigenvalue weighted by atomic mass is 10.1. The molecule has 0 saturated heterocycles.